The number of sulfonamides is 1. The number of hydrogen-bond donors (Lipinski definition) is 2. The lowest BCUT2D eigenvalue weighted by molar-refractivity contribution is -0.0516. The molecule has 1 aliphatic rings. The van der Waals surface area contributed by atoms with Gasteiger partial charge >= 0.3 is 0 Å². The van der Waals surface area contributed by atoms with Crippen molar-refractivity contribution in [2.45, 2.75) is 37.4 Å². The Hall–Kier alpha value is -0.990. The maximum absolute atomic E-state index is 12.9. The number of aliphatic hydroxyl groups is 1. The van der Waals surface area contributed by atoms with Crippen LogP contribution in [0.2, 0.25) is 0 Å². The van der Waals surface area contributed by atoms with Crippen molar-refractivity contribution in [3.8, 4) is 0 Å². The molecule has 1 aromatic carbocycles. The maximum Gasteiger partial charge on any atom is 0.243 e. The number of nitrogens with zero attached hydrogens (tertiary/aromatic N) is 1. The van der Waals surface area contributed by atoms with Crippen LogP contribution >= 0.6 is 0 Å². The molecule has 0 aliphatic carbocycles. The lowest BCUT2D eigenvalue weighted by Gasteiger charge is -2.36. The molecule has 21 heavy (non-hydrogen) atoms. The average Bonchev–Trinajstić information content (AvgIpc) is 2.48. The van der Waals surface area contributed by atoms with Gasteiger partial charge in [-0.1, -0.05) is 12.1 Å². The molecule has 3 N–H and O–H groups in total. The molecule has 0 saturated carbocycles. The van der Waals surface area contributed by atoms with E-state index in [4.69, 9.17) is 10.5 Å². The van der Waals surface area contributed by atoms with Crippen LogP contribution in [0.3, 0.4) is 0 Å². The van der Waals surface area contributed by atoms with Gasteiger partial charge in [0.05, 0.1) is 24.2 Å². The zero-order valence-electron chi connectivity index (χ0n) is 12.3. The Balaban J connectivity index is 2.41. The van der Waals surface area contributed by atoms with Crippen LogP contribution in [0, 0.1) is 6.92 Å². The van der Waals surface area contributed by atoms with Crippen LogP contribution in [0.15, 0.2) is 23.1 Å². The molecular weight excluding hydrogens is 292 g/mol. The number of aryl methyl sites for hydroxylation is 1. The third kappa shape index (κ3) is 3.27. The van der Waals surface area contributed by atoms with E-state index in [1.165, 1.54) is 4.31 Å². The first-order valence-electron chi connectivity index (χ1n) is 6.94. The lowest BCUT2D eigenvalue weighted by Crippen LogP contribution is -2.51. The lowest BCUT2D eigenvalue weighted by atomic mass is 10.1. The molecule has 2 rings (SSSR count). The van der Waals surface area contributed by atoms with Crippen molar-refractivity contribution in [3.05, 3.63) is 29.3 Å². The van der Waals surface area contributed by atoms with Gasteiger partial charge in [0.1, 0.15) is 0 Å². The Morgan fingerprint density at radius 1 is 1.48 bits per heavy atom. The molecule has 0 radical (unpaired) electrons. The third-order valence-corrected chi connectivity index (χ3v) is 5.85. The predicted octanol–water partition coefficient (Wildman–Crippen LogP) is 0.224. The molecule has 2 unspecified atom stereocenters. The zero-order chi connectivity index (χ0) is 15.6. The van der Waals surface area contributed by atoms with E-state index in [9.17, 15) is 13.5 Å². The first-order valence-corrected chi connectivity index (χ1v) is 8.38. The molecule has 1 saturated heterocycles. The van der Waals surface area contributed by atoms with Gasteiger partial charge in [0.2, 0.25) is 10.0 Å². The SMILES string of the molecule is Cc1ccc(CN)cc1S(=O)(=O)N1CC(CO)OCC1C. The van der Waals surface area contributed by atoms with Gasteiger partial charge in [0.25, 0.3) is 0 Å². The first-order chi connectivity index (χ1) is 9.90. The highest BCUT2D eigenvalue weighted by atomic mass is 32.2. The third-order valence-electron chi connectivity index (χ3n) is 3.73. The van der Waals surface area contributed by atoms with Gasteiger partial charge < -0.3 is 15.6 Å². The summed E-state index contributed by atoms with van der Waals surface area (Å²) in [6.07, 6.45) is -0.478. The molecule has 6 nitrogen and oxygen atoms in total. The van der Waals surface area contributed by atoms with Crippen molar-refractivity contribution < 1.29 is 18.3 Å². The summed E-state index contributed by atoms with van der Waals surface area (Å²) in [5.41, 5.74) is 7.06. The Morgan fingerprint density at radius 2 is 2.19 bits per heavy atom. The quantitative estimate of drug-likeness (QED) is 0.829. The van der Waals surface area contributed by atoms with Crippen molar-refractivity contribution in [2.75, 3.05) is 19.8 Å². The Bertz CT molecular complexity index is 603. The standard InChI is InChI=1S/C14H22N2O4S/c1-10-3-4-12(6-15)5-14(10)21(18,19)16-7-13(8-17)20-9-11(16)2/h3-5,11,13,17H,6-9,15H2,1-2H3. The molecule has 0 spiro atoms. The van der Waals surface area contributed by atoms with Gasteiger partial charge in [-0.3, -0.25) is 0 Å². The fourth-order valence-electron chi connectivity index (χ4n) is 2.41. The number of nitrogens with two attached hydrogens (primary N) is 1. The summed E-state index contributed by atoms with van der Waals surface area (Å²) in [5, 5.41) is 9.21. The van der Waals surface area contributed by atoms with Crippen LogP contribution in [0.5, 0.6) is 0 Å². The maximum atomic E-state index is 12.9. The molecule has 1 aromatic rings. The monoisotopic (exact) mass is 314 g/mol. The molecule has 2 atom stereocenters. The fourth-order valence-corrected chi connectivity index (χ4v) is 4.34. The summed E-state index contributed by atoms with van der Waals surface area (Å²) in [6.45, 7) is 4.10. The molecular formula is C14H22N2O4S. The Kier molecular flexibility index (Phi) is 5.00. The van der Waals surface area contributed by atoms with E-state index < -0.39 is 16.1 Å². The van der Waals surface area contributed by atoms with Gasteiger partial charge in [-0.2, -0.15) is 4.31 Å². The molecule has 118 valence electrons. The number of aliphatic hydroxyl groups excluding tert-OH is 1. The molecule has 0 bridgehead atoms. The van der Waals surface area contributed by atoms with Gasteiger partial charge in [-0.05, 0) is 31.0 Å². The van der Waals surface area contributed by atoms with Crippen molar-refractivity contribution in [2.24, 2.45) is 5.73 Å². The van der Waals surface area contributed by atoms with Gasteiger partial charge in [-0.15, -0.1) is 0 Å². The summed E-state index contributed by atoms with van der Waals surface area (Å²) in [5.74, 6) is 0. The van der Waals surface area contributed by atoms with Crippen LogP contribution in [-0.4, -0.2) is 49.7 Å². The van der Waals surface area contributed by atoms with E-state index >= 15 is 0 Å². The highest BCUT2D eigenvalue weighted by molar-refractivity contribution is 7.89. The van der Waals surface area contributed by atoms with E-state index in [-0.39, 0.29) is 30.7 Å². The van der Waals surface area contributed by atoms with Crippen LogP contribution in [0.1, 0.15) is 18.1 Å². The van der Waals surface area contributed by atoms with Crippen molar-refractivity contribution in [1.29, 1.82) is 0 Å². The number of hydrogen-bond acceptors (Lipinski definition) is 5. The molecule has 7 heteroatoms. The molecule has 0 amide bonds. The summed E-state index contributed by atoms with van der Waals surface area (Å²) in [6, 6.07) is 4.96. The first kappa shape index (κ1) is 16.4. The number of ether oxygens (including phenoxy) is 1. The van der Waals surface area contributed by atoms with Crippen molar-refractivity contribution >= 4 is 10.0 Å². The van der Waals surface area contributed by atoms with E-state index in [1.807, 2.05) is 6.07 Å². The van der Waals surface area contributed by atoms with Gasteiger partial charge in [0.15, 0.2) is 0 Å². The molecule has 1 fully saturated rings. The number of rotatable bonds is 4. The molecule has 1 heterocycles. The highest BCUT2D eigenvalue weighted by Crippen LogP contribution is 2.25. The van der Waals surface area contributed by atoms with E-state index in [2.05, 4.69) is 0 Å². The predicted molar refractivity (Wildman–Crippen MR) is 79.3 cm³/mol. The zero-order valence-corrected chi connectivity index (χ0v) is 13.1. The minimum atomic E-state index is -3.63. The summed E-state index contributed by atoms with van der Waals surface area (Å²) >= 11 is 0. The Labute approximate surface area is 125 Å². The van der Waals surface area contributed by atoms with E-state index in [0.29, 0.717) is 12.1 Å². The second kappa shape index (κ2) is 6.41. The second-order valence-electron chi connectivity index (χ2n) is 5.37. The van der Waals surface area contributed by atoms with Gasteiger partial charge in [-0.25, -0.2) is 8.42 Å². The average molecular weight is 314 g/mol. The highest BCUT2D eigenvalue weighted by Gasteiger charge is 2.36. The van der Waals surface area contributed by atoms with Crippen LogP contribution in [0.25, 0.3) is 0 Å². The molecule has 0 aromatic heterocycles. The number of benzene rings is 1. The topological polar surface area (TPSA) is 92.9 Å². The normalized spacial score (nSPS) is 24.2. The van der Waals surface area contributed by atoms with Crippen molar-refractivity contribution in [3.63, 3.8) is 0 Å². The largest absolute Gasteiger partial charge is 0.394 e. The summed E-state index contributed by atoms with van der Waals surface area (Å²) in [4.78, 5) is 0.274. The second-order valence-corrected chi connectivity index (χ2v) is 7.22. The Morgan fingerprint density at radius 3 is 2.81 bits per heavy atom. The summed E-state index contributed by atoms with van der Waals surface area (Å²) < 4.78 is 32.6. The fraction of sp³-hybridized carbons (Fsp3) is 0.571. The smallest absolute Gasteiger partial charge is 0.243 e. The van der Waals surface area contributed by atoms with Gasteiger partial charge in [0, 0.05) is 19.1 Å². The van der Waals surface area contributed by atoms with Crippen LogP contribution < -0.4 is 5.73 Å². The minimum Gasteiger partial charge on any atom is -0.394 e. The molecule has 1 aliphatic heterocycles. The summed E-state index contributed by atoms with van der Waals surface area (Å²) in [7, 11) is -3.63. The minimum absolute atomic E-state index is 0.159. The van der Waals surface area contributed by atoms with Crippen LogP contribution in [0.4, 0.5) is 0 Å². The number of morpholine rings is 1. The van der Waals surface area contributed by atoms with Crippen molar-refractivity contribution in [1.82, 2.24) is 4.31 Å². The van der Waals surface area contributed by atoms with E-state index in [0.717, 1.165) is 5.56 Å². The van der Waals surface area contributed by atoms with E-state index in [1.54, 1.807) is 26.0 Å². The van der Waals surface area contributed by atoms with Crippen LogP contribution in [-0.2, 0) is 21.3 Å².